The lowest BCUT2D eigenvalue weighted by Gasteiger charge is -1.99. The molecule has 2 nitrogen and oxygen atoms in total. The SMILES string of the molecule is O=[P+](c1ccccc1)c1cccc(-c2ccccn2)c1. The number of benzene rings is 2. The molecular weight excluding hydrogens is 265 g/mol. The summed E-state index contributed by atoms with van der Waals surface area (Å²) in [7, 11) is -1.56. The lowest BCUT2D eigenvalue weighted by Crippen LogP contribution is -2.06. The van der Waals surface area contributed by atoms with Gasteiger partial charge in [0.05, 0.1) is 5.69 Å². The molecule has 0 amide bonds. The van der Waals surface area contributed by atoms with Gasteiger partial charge in [0.1, 0.15) is 0 Å². The average molecular weight is 278 g/mol. The van der Waals surface area contributed by atoms with E-state index in [0.29, 0.717) is 0 Å². The van der Waals surface area contributed by atoms with Crippen molar-refractivity contribution >= 4 is 18.4 Å². The van der Waals surface area contributed by atoms with Crippen LogP contribution in [-0.2, 0) is 4.57 Å². The van der Waals surface area contributed by atoms with E-state index in [9.17, 15) is 4.57 Å². The minimum atomic E-state index is -1.56. The largest absolute Gasteiger partial charge is 0.415 e. The Morgan fingerprint density at radius 1 is 0.750 bits per heavy atom. The number of pyridine rings is 1. The van der Waals surface area contributed by atoms with Crippen molar-refractivity contribution in [2.24, 2.45) is 0 Å². The van der Waals surface area contributed by atoms with E-state index in [2.05, 4.69) is 4.98 Å². The van der Waals surface area contributed by atoms with Gasteiger partial charge in [-0.25, -0.2) is 0 Å². The fraction of sp³-hybridized carbons (Fsp3) is 0. The molecule has 96 valence electrons. The van der Waals surface area contributed by atoms with E-state index in [0.717, 1.165) is 21.9 Å². The minimum Gasteiger partial charge on any atom is -0.256 e. The Hall–Kier alpha value is -2.31. The van der Waals surface area contributed by atoms with Gasteiger partial charge in [-0.2, -0.15) is 0 Å². The molecule has 3 rings (SSSR count). The third kappa shape index (κ3) is 2.66. The zero-order chi connectivity index (χ0) is 13.8. The smallest absolute Gasteiger partial charge is 0.256 e. The fourth-order valence-electron chi connectivity index (χ4n) is 2.04. The molecule has 0 aliphatic carbocycles. The van der Waals surface area contributed by atoms with E-state index < -0.39 is 7.80 Å². The van der Waals surface area contributed by atoms with Crippen molar-refractivity contribution in [3.05, 3.63) is 79.0 Å². The van der Waals surface area contributed by atoms with E-state index in [4.69, 9.17) is 0 Å². The lowest BCUT2D eigenvalue weighted by molar-refractivity contribution is 0.598. The molecule has 0 fully saturated rings. The van der Waals surface area contributed by atoms with E-state index in [1.807, 2.05) is 72.8 Å². The number of rotatable bonds is 3. The van der Waals surface area contributed by atoms with Crippen LogP contribution in [0.1, 0.15) is 0 Å². The van der Waals surface area contributed by atoms with E-state index in [1.165, 1.54) is 0 Å². The zero-order valence-electron chi connectivity index (χ0n) is 10.8. The number of hydrogen-bond donors (Lipinski definition) is 0. The highest BCUT2D eigenvalue weighted by molar-refractivity contribution is 7.61. The predicted octanol–water partition coefficient (Wildman–Crippen LogP) is 3.53. The Morgan fingerprint density at radius 3 is 2.25 bits per heavy atom. The van der Waals surface area contributed by atoms with E-state index in [1.54, 1.807) is 6.20 Å². The van der Waals surface area contributed by atoms with Crippen LogP contribution in [-0.4, -0.2) is 4.98 Å². The molecule has 0 saturated carbocycles. The first-order valence-electron chi connectivity index (χ1n) is 6.38. The molecule has 0 aliphatic heterocycles. The molecule has 2 aromatic carbocycles. The summed E-state index contributed by atoms with van der Waals surface area (Å²) in [6.45, 7) is 0. The van der Waals surface area contributed by atoms with Gasteiger partial charge in [-0.05, 0) is 30.3 Å². The second kappa shape index (κ2) is 5.77. The summed E-state index contributed by atoms with van der Waals surface area (Å²) in [4.78, 5) is 4.33. The molecular formula is C17H13NOP+. The molecule has 0 bridgehead atoms. The lowest BCUT2D eigenvalue weighted by atomic mass is 10.1. The van der Waals surface area contributed by atoms with Gasteiger partial charge in [0.15, 0.2) is 10.6 Å². The zero-order valence-corrected chi connectivity index (χ0v) is 11.7. The van der Waals surface area contributed by atoms with Crippen molar-refractivity contribution in [2.45, 2.75) is 0 Å². The molecule has 1 heterocycles. The number of nitrogens with zero attached hydrogens (tertiary/aromatic N) is 1. The molecule has 0 radical (unpaired) electrons. The molecule has 1 aromatic heterocycles. The van der Waals surface area contributed by atoms with Crippen LogP contribution in [0.2, 0.25) is 0 Å². The molecule has 0 saturated heterocycles. The normalized spacial score (nSPS) is 11.1. The standard InChI is InChI=1S/C17H13NOP/c19-20(15-8-2-1-3-9-15)16-10-6-7-14(13-16)17-11-4-5-12-18-17/h1-13H/q+1. The number of aromatic nitrogens is 1. The van der Waals surface area contributed by atoms with Crippen LogP contribution >= 0.6 is 7.80 Å². The summed E-state index contributed by atoms with van der Waals surface area (Å²) >= 11 is 0. The maximum Gasteiger partial charge on any atom is 0.415 e. The Labute approximate surface area is 118 Å². The Balaban J connectivity index is 1.98. The third-order valence-corrected chi connectivity index (χ3v) is 4.55. The van der Waals surface area contributed by atoms with Gasteiger partial charge in [-0.1, -0.05) is 41.0 Å². The molecule has 0 N–H and O–H groups in total. The highest BCUT2D eigenvalue weighted by atomic mass is 31.1. The summed E-state index contributed by atoms with van der Waals surface area (Å²) in [5.74, 6) is 0. The van der Waals surface area contributed by atoms with E-state index >= 15 is 0 Å². The van der Waals surface area contributed by atoms with Crippen molar-refractivity contribution < 1.29 is 4.57 Å². The summed E-state index contributed by atoms with van der Waals surface area (Å²) in [6.07, 6.45) is 1.76. The van der Waals surface area contributed by atoms with Crippen molar-refractivity contribution in [3.8, 4) is 11.3 Å². The molecule has 20 heavy (non-hydrogen) atoms. The molecule has 0 aliphatic rings. The third-order valence-electron chi connectivity index (χ3n) is 3.03. The minimum absolute atomic E-state index is 0.828. The van der Waals surface area contributed by atoms with Crippen molar-refractivity contribution in [3.63, 3.8) is 0 Å². The maximum absolute atomic E-state index is 12.6. The topological polar surface area (TPSA) is 30.0 Å². The molecule has 3 aromatic rings. The van der Waals surface area contributed by atoms with Crippen LogP contribution < -0.4 is 10.6 Å². The van der Waals surface area contributed by atoms with Crippen molar-refractivity contribution in [2.75, 3.05) is 0 Å². The molecule has 3 heteroatoms. The summed E-state index contributed by atoms with van der Waals surface area (Å²) in [6, 6.07) is 23.1. The molecule has 0 spiro atoms. The second-order valence-electron chi connectivity index (χ2n) is 4.40. The van der Waals surface area contributed by atoms with Gasteiger partial charge in [0.25, 0.3) is 0 Å². The van der Waals surface area contributed by atoms with Crippen molar-refractivity contribution in [1.82, 2.24) is 4.98 Å². The van der Waals surface area contributed by atoms with Gasteiger partial charge >= 0.3 is 7.80 Å². The van der Waals surface area contributed by atoms with Crippen LogP contribution in [0.3, 0.4) is 0 Å². The van der Waals surface area contributed by atoms with Crippen LogP contribution in [0.5, 0.6) is 0 Å². The van der Waals surface area contributed by atoms with Gasteiger partial charge in [-0.3, -0.25) is 4.98 Å². The monoisotopic (exact) mass is 278 g/mol. The number of hydrogen-bond acceptors (Lipinski definition) is 2. The van der Waals surface area contributed by atoms with Crippen LogP contribution in [0.25, 0.3) is 11.3 Å². The van der Waals surface area contributed by atoms with Crippen LogP contribution in [0, 0.1) is 0 Å². The fourth-order valence-corrected chi connectivity index (χ4v) is 3.26. The van der Waals surface area contributed by atoms with Crippen LogP contribution in [0.4, 0.5) is 0 Å². The highest BCUT2D eigenvalue weighted by Gasteiger charge is 2.23. The summed E-state index contributed by atoms with van der Waals surface area (Å²) in [5.41, 5.74) is 1.88. The first kappa shape index (κ1) is 12.7. The van der Waals surface area contributed by atoms with E-state index in [-0.39, 0.29) is 0 Å². The summed E-state index contributed by atoms with van der Waals surface area (Å²) < 4.78 is 12.6. The van der Waals surface area contributed by atoms with Gasteiger partial charge in [0, 0.05) is 17.8 Å². The first-order chi connectivity index (χ1) is 9.84. The predicted molar refractivity (Wildman–Crippen MR) is 83.0 cm³/mol. The Bertz CT molecular complexity index is 726. The van der Waals surface area contributed by atoms with Gasteiger partial charge in [-0.15, -0.1) is 0 Å². The Kier molecular flexibility index (Phi) is 3.67. The second-order valence-corrected chi connectivity index (χ2v) is 6.02. The molecule has 1 atom stereocenters. The van der Waals surface area contributed by atoms with Gasteiger partial charge in [0.2, 0.25) is 0 Å². The first-order valence-corrected chi connectivity index (χ1v) is 7.64. The highest BCUT2D eigenvalue weighted by Crippen LogP contribution is 2.23. The summed E-state index contributed by atoms with van der Waals surface area (Å²) in [5, 5.41) is 1.68. The Morgan fingerprint density at radius 2 is 1.50 bits per heavy atom. The molecule has 1 unspecified atom stereocenters. The van der Waals surface area contributed by atoms with Crippen LogP contribution in [0.15, 0.2) is 79.0 Å². The quantitative estimate of drug-likeness (QED) is 0.686. The maximum atomic E-state index is 12.6. The van der Waals surface area contributed by atoms with Gasteiger partial charge < -0.3 is 0 Å². The van der Waals surface area contributed by atoms with Crippen molar-refractivity contribution in [1.29, 1.82) is 0 Å². The average Bonchev–Trinajstić information content (AvgIpc) is 2.56.